The predicted molar refractivity (Wildman–Crippen MR) is 77.5 cm³/mol. The van der Waals surface area contributed by atoms with E-state index in [2.05, 4.69) is 24.8 Å². The van der Waals surface area contributed by atoms with Gasteiger partial charge < -0.3 is 10.5 Å². The molecule has 3 nitrogen and oxygen atoms in total. The summed E-state index contributed by atoms with van der Waals surface area (Å²) < 4.78 is 5.55. The summed E-state index contributed by atoms with van der Waals surface area (Å²) in [4.78, 5) is 2.40. The maximum Gasteiger partial charge on any atom is 0.0593 e. The number of hydrogen-bond acceptors (Lipinski definition) is 3. The van der Waals surface area contributed by atoms with Crippen LogP contribution in [0.2, 0.25) is 0 Å². The van der Waals surface area contributed by atoms with Crippen LogP contribution >= 0.6 is 0 Å². The van der Waals surface area contributed by atoms with Crippen LogP contribution in [0.25, 0.3) is 0 Å². The van der Waals surface area contributed by atoms with E-state index in [0.717, 1.165) is 51.4 Å². The van der Waals surface area contributed by atoms with Crippen LogP contribution in [0.3, 0.4) is 0 Å². The lowest BCUT2D eigenvalue weighted by atomic mass is 10.1. The third kappa shape index (κ3) is 5.52. The minimum absolute atomic E-state index is 0.806. The molecule has 0 spiro atoms. The van der Waals surface area contributed by atoms with Crippen LogP contribution in [0, 0.1) is 0 Å². The molecule has 3 heteroatoms. The molecule has 1 aromatic rings. The zero-order chi connectivity index (χ0) is 13.2. The molecule has 1 aromatic carbocycles. The van der Waals surface area contributed by atoms with Crippen LogP contribution in [0.15, 0.2) is 24.3 Å². The zero-order valence-electron chi connectivity index (χ0n) is 11.7. The standard InChI is InChI=1S/C15H26N2O/c1-3-9-17(10-12-18-11-4-2)13-14-7-5-6-8-15(14)16/h5-8H,3-4,9-13,16H2,1-2H3. The van der Waals surface area contributed by atoms with E-state index in [1.807, 2.05) is 18.2 Å². The van der Waals surface area contributed by atoms with E-state index >= 15 is 0 Å². The fourth-order valence-electron chi connectivity index (χ4n) is 1.95. The molecule has 2 N–H and O–H groups in total. The quantitative estimate of drug-likeness (QED) is 0.541. The van der Waals surface area contributed by atoms with E-state index in [0.29, 0.717) is 0 Å². The number of anilines is 1. The van der Waals surface area contributed by atoms with Crippen LogP contribution in [0.4, 0.5) is 5.69 Å². The van der Waals surface area contributed by atoms with Crippen molar-refractivity contribution < 1.29 is 4.74 Å². The van der Waals surface area contributed by atoms with Crippen molar-refractivity contribution in [2.45, 2.75) is 33.2 Å². The van der Waals surface area contributed by atoms with Gasteiger partial charge in [-0.1, -0.05) is 32.0 Å². The number of rotatable bonds is 9. The largest absolute Gasteiger partial charge is 0.398 e. The van der Waals surface area contributed by atoms with Crippen LogP contribution in [0.1, 0.15) is 32.3 Å². The lowest BCUT2D eigenvalue weighted by Gasteiger charge is -2.22. The average molecular weight is 250 g/mol. The van der Waals surface area contributed by atoms with Crippen molar-refractivity contribution >= 4 is 5.69 Å². The van der Waals surface area contributed by atoms with Gasteiger partial charge in [0.05, 0.1) is 6.61 Å². The van der Waals surface area contributed by atoms with E-state index in [1.165, 1.54) is 5.56 Å². The molecule has 0 saturated carbocycles. The van der Waals surface area contributed by atoms with Gasteiger partial charge in [0.2, 0.25) is 0 Å². The molecule has 0 radical (unpaired) electrons. The molecule has 0 aliphatic carbocycles. The number of benzene rings is 1. The monoisotopic (exact) mass is 250 g/mol. The molecule has 102 valence electrons. The summed E-state index contributed by atoms with van der Waals surface area (Å²) in [5.74, 6) is 0. The van der Waals surface area contributed by atoms with Crippen molar-refractivity contribution in [3.63, 3.8) is 0 Å². The summed E-state index contributed by atoms with van der Waals surface area (Å²) in [6, 6.07) is 8.09. The molecule has 0 fully saturated rings. The minimum atomic E-state index is 0.806. The van der Waals surface area contributed by atoms with Crippen molar-refractivity contribution in [3.05, 3.63) is 29.8 Å². The van der Waals surface area contributed by atoms with Crippen LogP contribution < -0.4 is 5.73 Å². The molecule has 0 aliphatic heterocycles. The maximum absolute atomic E-state index is 5.98. The lowest BCUT2D eigenvalue weighted by Crippen LogP contribution is -2.28. The van der Waals surface area contributed by atoms with Gasteiger partial charge in [-0.05, 0) is 31.0 Å². The fourth-order valence-corrected chi connectivity index (χ4v) is 1.95. The van der Waals surface area contributed by atoms with E-state index in [9.17, 15) is 0 Å². The van der Waals surface area contributed by atoms with Crippen molar-refractivity contribution in [1.82, 2.24) is 4.90 Å². The number of ether oxygens (including phenoxy) is 1. The first-order valence-electron chi connectivity index (χ1n) is 6.91. The fraction of sp³-hybridized carbons (Fsp3) is 0.600. The Bertz CT molecular complexity index is 328. The highest BCUT2D eigenvalue weighted by molar-refractivity contribution is 5.46. The van der Waals surface area contributed by atoms with Crippen molar-refractivity contribution in [2.24, 2.45) is 0 Å². The van der Waals surface area contributed by atoms with Gasteiger partial charge in [0.1, 0.15) is 0 Å². The topological polar surface area (TPSA) is 38.5 Å². The van der Waals surface area contributed by atoms with Crippen LogP contribution in [0.5, 0.6) is 0 Å². The molecule has 0 saturated heterocycles. The number of nitrogens with zero attached hydrogens (tertiary/aromatic N) is 1. The normalized spacial score (nSPS) is 11.1. The number of nitrogens with two attached hydrogens (primary N) is 1. The Morgan fingerprint density at radius 2 is 1.83 bits per heavy atom. The van der Waals surface area contributed by atoms with E-state index in [-0.39, 0.29) is 0 Å². The first kappa shape index (κ1) is 15.0. The Morgan fingerprint density at radius 1 is 1.06 bits per heavy atom. The molecule has 1 rings (SSSR count). The molecule has 0 aliphatic rings. The van der Waals surface area contributed by atoms with Gasteiger partial charge >= 0.3 is 0 Å². The van der Waals surface area contributed by atoms with Crippen LogP contribution in [-0.4, -0.2) is 31.2 Å². The van der Waals surface area contributed by atoms with Gasteiger partial charge in [-0.2, -0.15) is 0 Å². The zero-order valence-corrected chi connectivity index (χ0v) is 11.7. The highest BCUT2D eigenvalue weighted by Gasteiger charge is 2.06. The van der Waals surface area contributed by atoms with Crippen LogP contribution in [-0.2, 0) is 11.3 Å². The number of nitrogen functional groups attached to an aromatic ring is 1. The molecule has 0 unspecified atom stereocenters. The first-order chi connectivity index (χ1) is 8.77. The van der Waals surface area contributed by atoms with Gasteiger partial charge in [-0.3, -0.25) is 4.90 Å². The third-order valence-corrected chi connectivity index (χ3v) is 2.89. The minimum Gasteiger partial charge on any atom is -0.398 e. The molecular formula is C15H26N2O. The Labute approximate surface area is 111 Å². The Balaban J connectivity index is 2.44. The van der Waals surface area contributed by atoms with E-state index < -0.39 is 0 Å². The van der Waals surface area contributed by atoms with Gasteiger partial charge in [-0.15, -0.1) is 0 Å². The Kier molecular flexibility index (Phi) is 7.46. The molecule has 0 atom stereocenters. The van der Waals surface area contributed by atoms with Crippen molar-refractivity contribution in [1.29, 1.82) is 0 Å². The van der Waals surface area contributed by atoms with E-state index in [4.69, 9.17) is 10.5 Å². The third-order valence-electron chi connectivity index (χ3n) is 2.89. The lowest BCUT2D eigenvalue weighted by molar-refractivity contribution is 0.102. The van der Waals surface area contributed by atoms with Gasteiger partial charge in [0.15, 0.2) is 0 Å². The number of para-hydroxylation sites is 1. The Morgan fingerprint density at radius 3 is 2.50 bits per heavy atom. The summed E-state index contributed by atoms with van der Waals surface area (Å²) in [5.41, 5.74) is 8.08. The molecule has 0 bridgehead atoms. The first-order valence-corrected chi connectivity index (χ1v) is 6.91. The summed E-state index contributed by atoms with van der Waals surface area (Å²) >= 11 is 0. The molecule has 0 amide bonds. The summed E-state index contributed by atoms with van der Waals surface area (Å²) in [6.07, 6.45) is 2.24. The van der Waals surface area contributed by atoms with Gasteiger partial charge in [-0.25, -0.2) is 0 Å². The summed E-state index contributed by atoms with van der Waals surface area (Å²) in [5, 5.41) is 0. The van der Waals surface area contributed by atoms with Gasteiger partial charge in [0.25, 0.3) is 0 Å². The molecular weight excluding hydrogens is 224 g/mol. The summed E-state index contributed by atoms with van der Waals surface area (Å²) in [7, 11) is 0. The predicted octanol–water partition coefficient (Wildman–Crippen LogP) is 2.91. The second-order valence-corrected chi connectivity index (χ2v) is 4.59. The van der Waals surface area contributed by atoms with Crippen molar-refractivity contribution in [3.8, 4) is 0 Å². The second-order valence-electron chi connectivity index (χ2n) is 4.59. The van der Waals surface area contributed by atoms with Crippen molar-refractivity contribution in [2.75, 3.05) is 32.0 Å². The van der Waals surface area contributed by atoms with E-state index in [1.54, 1.807) is 0 Å². The highest BCUT2D eigenvalue weighted by Crippen LogP contribution is 2.13. The molecule has 18 heavy (non-hydrogen) atoms. The second kappa shape index (κ2) is 8.95. The average Bonchev–Trinajstić information content (AvgIpc) is 2.37. The smallest absolute Gasteiger partial charge is 0.0593 e. The molecule has 0 heterocycles. The Hall–Kier alpha value is -1.06. The number of hydrogen-bond donors (Lipinski definition) is 1. The molecule has 0 aromatic heterocycles. The highest BCUT2D eigenvalue weighted by atomic mass is 16.5. The maximum atomic E-state index is 5.98. The SMILES string of the molecule is CCCOCCN(CCC)Cc1ccccc1N. The summed E-state index contributed by atoms with van der Waals surface area (Å²) in [6.45, 7) is 8.97. The van der Waals surface area contributed by atoms with Gasteiger partial charge in [0, 0.05) is 25.4 Å².